The van der Waals surface area contributed by atoms with Gasteiger partial charge in [0.2, 0.25) is 11.8 Å². The van der Waals surface area contributed by atoms with Crippen molar-refractivity contribution in [3.8, 4) is 0 Å². The Morgan fingerprint density at radius 1 is 1.24 bits per heavy atom. The number of nitrogens with one attached hydrogen (secondary N) is 2. The Labute approximate surface area is 216 Å². The van der Waals surface area contributed by atoms with E-state index in [-0.39, 0.29) is 25.3 Å². The number of aryl methyl sites for hydroxylation is 1. The van der Waals surface area contributed by atoms with Crippen LogP contribution in [0.15, 0.2) is 24.3 Å². The normalized spacial score (nSPS) is 27.2. The molecule has 2 heterocycles. The van der Waals surface area contributed by atoms with E-state index in [2.05, 4.69) is 15.4 Å². The summed E-state index contributed by atoms with van der Waals surface area (Å²) in [5, 5.41) is 5.18. The average molecular weight is 539 g/mol. The van der Waals surface area contributed by atoms with E-state index in [0.29, 0.717) is 25.1 Å². The highest BCUT2D eigenvalue weighted by Gasteiger charge is 2.65. The van der Waals surface area contributed by atoms with E-state index in [1.807, 2.05) is 0 Å². The number of amides is 4. The molecule has 4 rings (SSSR count). The van der Waals surface area contributed by atoms with E-state index in [1.165, 1.54) is 0 Å². The molecule has 0 bridgehead atoms. The Morgan fingerprint density at radius 2 is 1.95 bits per heavy atom. The fourth-order valence-electron chi connectivity index (χ4n) is 5.82. The quantitative estimate of drug-likeness (QED) is 0.425. The molecule has 3 unspecified atom stereocenters. The van der Waals surface area contributed by atoms with Crippen molar-refractivity contribution >= 4 is 35.1 Å². The Bertz CT molecular complexity index is 1160. The highest BCUT2D eigenvalue weighted by Crippen LogP contribution is 2.64. The smallest absolute Gasteiger partial charge is 0.368 e. The number of Topliss-reactive ketones (excluding diaryl/α,β-unsaturated/α-hetero) is 1. The number of primary amides is 1. The maximum atomic E-state index is 13.1. The summed E-state index contributed by atoms with van der Waals surface area (Å²) in [7, 11) is 0. The largest absolute Gasteiger partial charge is 0.522 e. The van der Waals surface area contributed by atoms with Crippen LogP contribution in [0.4, 0.5) is 18.9 Å². The number of anilines is 1. The van der Waals surface area contributed by atoms with Gasteiger partial charge in [0.15, 0.2) is 5.78 Å². The monoisotopic (exact) mass is 538 g/mol. The van der Waals surface area contributed by atoms with E-state index in [9.17, 15) is 37.1 Å². The Kier molecular flexibility index (Phi) is 7.51. The molecule has 4 N–H and O–H groups in total. The SMILES string of the molecule is Cc1ccccc1NC(=O)C(=O)N1CC2(CC1C(N)=O)CC2[C@H](C[C@H]1CCNC1=O)C(=O)COC(F)(F)F. The van der Waals surface area contributed by atoms with Crippen LogP contribution in [0.2, 0.25) is 0 Å². The highest BCUT2D eigenvalue weighted by molar-refractivity contribution is 6.40. The molecule has 1 aromatic rings. The number of halogens is 3. The Balaban J connectivity index is 1.51. The molecule has 206 valence electrons. The third kappa shape index (κ3) is 5.82. The van der Waals surface area contributed by atoms with Gasteiger partial charge < -0.3 is 21.3 Å². The fourth-order valence-corrected chi connectivity index (χ4v) is 5.82. The zero-order valence-corrected chi connectivity index (χ0v) is 20.7. The molecule has 1 aromatic carbocycles. The maximum absolute atomic E-state index is 13.1. The van der Waals surface area contributed by atoms with Gasteiger partial charge in [0.25, 0.3) is 0 Å². The topological polar surface area (TPSA) is 148 Å². The van der Waals surface area contributed by atoms with Gasteiger partial charge in [-0.1, -0.05) is 18.2 Å². The summed E-state index contributed by atoms with van der Waals surface area (Å²) in [5.74, 6) is -5.84. The first-order chi connectivity index (χ1) is 17.8. The number of carbonyl (C=O) groups excluding carboxylic acids is 5. The van der Waals surface area contributed by atoms with Crippen LogP contribution in [0.3, 0.4) is 0 Å². The van der Waals surface area contributed by atoms with Gasteiger partial charge in [0.05, 0.1) is 0 Å². The molecule has 0 radical (unpaired) electrons. The van der Waals surface area contributed by atoms with Crippen LogP contribution < -0.4 is 16.4 Å². The predicted octanol–water partition coefficient (Wildman–Crippen LogP) is 1.27. The van der Waals surface area contributed by atoms with Crippen molar-refractivity contribution in [2.24, 2.45) is 28.9 Å². The summed E-state index contributed by atoms with van der Waals surface area (Å²) in [6, 6.07) is 5.69. The molecule has 1 spiro atoms. The van der Waals surface area contributed by atoms with Crippen LogP contribution in [-0.4, -0.2) is 66.4 Å². The number of rotatable bonds is 8. The van der Waals surface area contributed by atoms with Crippen molar-refractivity contribution in [3.63, 3.8) is 0 Å². The number of hydrogen-bond acceptors (Lipinski definition) is 6. The lowest BCUT2D eigenvalue weighted by Gasteiger charge is -2.22. The number of ketones is 1. The minimum Gasteiger partial charge on any atom is -0.368 e. The number of benzene rings is 1. The van der Waals surface area contributed by atoms with Gasteiger partial charge in [-0.25, -0.2) is 0 Å². The summed E-state index contributed by atoms with van der Waals surface area (Å²) in [6.07, 6.45) is -4.13. The number of carbonyl (C=O) groups is 5. The lowest BCUT2D eigenvalue weighted by Crippen LogP contribution is -2.48. The minimum atomic E-state index is -5.00. The van der Waals surface area contributed by atoms with E-state index in [1.54, 1.807) is 31.2 Å². The molecule has 38 heavy (non-hydrogen) atoms. The number of alkyl halides is 3. The van der Waals surface area contributed by atoms with Crippen molar-refractivity contribution in [2.45, 2.75) is 45.0 Å². The molecule has 2 saturated heterocycles. The second-order valence-corrected chi connectivity index (χ2v) is 10.3. The predicted molar refractivity (Wildman–Crippen MR) is 126 cm³/mol. The van der Waals surface area contributed by atoms with Gasteiger partial charge in [-0.05, 0) is 55.6 Å². The standard InChI is InChI=1S/C25H29F3N4O6/c1-13-4-2-3-5-17(13)31-22(36)23(37)32-12-24(10-18(32)20(29)34)9-16(24)15(8-14-6-7-30-21(14)35)19(33)11-38-25(26,27)28/h2-5,14-16,18H,6-12H2,1H3,(H2,29,34)(H,30,35)(H,31,36)/t14-,15+,16?,18?,24?/m1/s1. The lowest BCUT2D eigenvalue weighted by atomic mass is 9.83. The van der Waals surface area contributed by atoms with Gasteiger partial charge in [-0.2, -0.15) is 0 Å². The molecule has 3 fully saturated rings. The second kappa shape index (κ2) is 10.4. The van der Waals surface area contributed by atoms with E-state index in [0.717, 1.165) is 10.5 Å². The van der Waals surface area contributed by atoms with Crippen molar-refractivity contribution in [2.75, 3.05) is 25.0 Å². The van der Waals surface area contributed by atoms with Gasteiger partial charge in [-0.3, -0.25) is 28.7 Å². The van der Waals surface area contributed by atoms with Crippen LogP contribution in [0.5, 0.6) is 0 Å². The van der Waals surface area contributed by atoms with Crippen LogP contribution in [-0.2, 0) is 28.7 Å². The number of likely N-dealkylation sites (tertiary alicyclic amines) is 1. The van der Waals surface area contributed by atoms with Crippen molar-refractivity contribution in [1.29, 1.82) is 0 Å². The molecule has 5 atom stereocenters. The Hall–Kier alpha value is -3.48. The van der Waals surface area contributed by atoms with Crippen molar-refractivity contribution < 1.29 is 41.9 Å². The van der Waals surface area contributed by atoms with E-state index >= 15 is 0 Å². The number of nitrogens with two attached hydrogens (primary N) is 1. The van der Waals surface area contributed by atoms with E-state index in [4.69, 9.17) is 5.73 Å². The molecule has 3 aliphatic rings. The molecular formula is C25H29F3N4O6. The third-order valence-electron chi connectivity index (χ3n) is 7.87. The van der Waals surface area contributed by atoms with Crippen LogP contribution >= 0.6 is 0 Å². The molecule has 13 heteroatoms. The molecule has 1 aliphatic carbocycles. The second-order valence-electron chi connectivity index (χ2n) is 10.3. The molecular weight excluding hydrogens is 509 g/mol. The number of hydrogen-bond donors (Lipinski definition) is 3. The van der Waals surface area contributed by atoms with Gasteiger partial charge >= 0.3 is 18.2 Å². The van der Waals surface area contributed by atoms with Gasteiger partial charge in [-0.15, -0.1) is 13.2 Å². The van der Waals surface area contributed by atoms with Crippen LogP contribution in [0.25, 0.3) is 0 Å². The first kappa shape index (κ1) is 27.6. The third-order valence-corrected chi connectivity index (χ3v) is 7.87. The van der Waals surface area contributed by atoms with E-state index < -0.39 is 65.7 Å². The number of para-hydroxylation sites is 1. The summed E-state index contributed by atoms with van der Waals surface area (Å²) in [6.45, 7) is 0.888. The van der Waals surface area contributed by atoms with Crippen LogP contribution in [0.1, 0.15) is 31.2 Å². The number of nitrogens with zero attached hydrogens (tertiary/aromatic N) is 1. The molecule has 4 amide bonds. The molecule has 2 aliphatic heterocycles. The van der Waals surface area contributed by atoms with Crippen LogP contribution in [0, 0.1) is 30.1 Å². The summed E-state index contributed by atoms with van der Waals surface area (Å²) in [4.78, 5) is 64.2. The van der Waals surface area contributed by atoms with Gasteiger partial charge in [0, 0.05) is 30.6 Å². The first-order valence-corrected chi connectivity index (χ1v) is 12.3. The highest BCUT2D eigenvalue weighted by atomic mass is 19.4. The maximum Gasteiger partial charge on any atom is 0.522 e. The summed E-state index contributed by atoms with van der Waals surface area (Å²) >= 11 is 0. The Morgan fingerprint density at radius 3 is 2.55 bits per heavy atom. The molecule has 0 aromatic heterocycles. The zero-order chi connectivity index (χ0) is 27.8. The number of ether oxygens (including phenoxy) is 1. The summed E-state index contributed by atoms with van der Waals surface area (Å²) in [5.41, 5.74) is 5.91. The lowest BCUT2D eigenvalue weighted by molar-refractivity contribution is -0.321. The average Bonchev–Trinajstić information content (AvgIpc) is 3.15. The van der Waals surface area contributed by atoms with Gasteiger partial charge in [0.1, 0.15) is 12.6 Å². The zero-order valence-electron chi connectivity index (χ0n) is 20.7. The summed E-state index contributed by atoms with van der Waals surface area (Å²) < 4.78 is 41.6. The molecule has 1 saturated carbocycles. The first-order valence-electron chi connectivity index (χ1n) is 12.3. The minimum absolute atomic E-state index is 0.0290. The molecule has 10 nitrogen and oxygen atoms in total. The van der Waals surface area contributed by atoms with Crippen molar-refractivity contribution in [1.82, 2.24) is 10.2 Å². The fraction of sp³-hybridized carbons (Fsp3) is 0.560. The van der Waals surface area contributed by atoms with Crippen molar-refractivity contribution in [3.05, 3.63) is 29.8 Å².